The molecule has 0 aliphatic heterocycles. The number of carbonyl (C=O) groups is 1. The Morgan fingerprint density at radius 1 is 1.12 bits per heavy atom. The molecular weight excluding hydrogens is 383 g/mol. The smallest absolute Gasteiger partial charge is 0.224 e. The van der Waals surface area contributed by atoms with Gasteiger partial charge in [0.15, 0.2) is 0 Å². The van der Waals surface area contributed by atoms with E-state index in [9.17, 15) is 9.90 Å². The van der Waals surface area contributed by atoms with E-state index in [0.717, 1.165) is 5.56 Å². The molecule has 0 bridgehead atoms. The Balaban J connectivity index is 0.00000312. The Labute approximate surface area is 163 Å². The quantitative estimate of drug-likeness (QED) is 0.684. The SMILES string of the molecule is CC(C(=O)NCC(O)c1cc(Cl)cc(Cl)c1)C(N)c1ccccc1.Cl. The van der Waals surface area contributed by atoms with Crippen molar-refractivity contribution in [3.05, 3.63) is 69.7 Å². The summed E-state index contributed by atoms with van der Waals surface area (Å²) in [5.74, 6) is -0.652. The lowest BCUT2D eigenvalue weighted by Crippen LogP contribution is -2.37. The Bertz CT molecular complexity index is 678. The summed E-state index contributed by atoms with van der Waals surface area (Å²) in [5, 5.41) is 13.8. The minimum absolute atomic E-state index is 0. The van der Waals surface area contributed by atoms with Crippen molar-refractivity contribution in [1.82, 2.24) is 5.32 Å². The lowest BCUT2D eigenvalue weighted by atomic mass is 9.94. The monoisotopic (exact) mass is 402 g/mol. The summed E-state index contributed by atoms with van der Waals surface area (Å²) in [7, 11) is 0. The van der Waals surface area contributed by atoms with Gasteiger partial charge in [-0.25, -0.2) is 0 Å². The maximum Gasteiger partial charge on any atom is 0.224 e. The number of aliphatic hydroxyl groups excluding tert-OH is 1. The van der Waals surface area contributed by atoms with E-state index in [1.165, 1.54) is 0 Å². The number of halogens is 3. The van der Waals surface area contributed by atoms with Gasteiger partial charge in [0.2, 0.25) is 5.91 Å². The molecule has 2 aromatic rings. The average molecular weight is 404 g/mol. The van der Waals surface area contributed by atoms with Gasteiger partial charge >= 0.3 is 0 Å². The molecule has 0 aromatic heterocycles. The predicted octanol–water partition coefficient (Wildman–Crippen LogP) is 3.90. The lowest BCUT2D eigenvalue weighted by Gasteiger charge is -2.21. The number of hydrogen-bond donors (Lipinski definition) is 3. The first kappa shape index (κ1) is 21.7. The summed E-state index contributed by atoms with van der Waals surface area (Å²) in [6.45, 7) is 1.82. The van der Waals surface area contributed by atoms with Crippen molar-refractivity contribution in [1.29, 1.82) is 0 Å². The highest BCUT2D eigenvalue weighted by molar-refractivity contribution is 6.34. The Morgan fingerprint density at radius 3 is 2.24 bits per heavy atom. The van der Waals surface area contributed by atoms with Crippen LogP contribution in [-0.2, 0) is 4.79 Å². The van der Waals surface area contributed by atoms with Gasteiger partial charge in [0.05, 0.1) is 12.0 Å². The molecule has 136 valence electrons. The van der Waals surface area contributed by atoms with Crippen molar-refractivity contribution >= 4 is 41.5 Å². The van der Waals surface area contributed by atoms with Crippen LogP contribution < -0.4 is 11.1 Å². The van der Waals surface area contributed by atoms with Gasteiger partial charge in [-0.2, -0.15) is 0 Å². The van der Waals surface area contributed by atoms with E-state index in [2.05, 4.69) is 5.32 Å². The van der Waals surface area contributed by atoms with E-state index in [0.29, 0.717) is 15.6 Å². The maximum atomic E-state index is 12.3. The van der Waals surface area contributed by atoms with Crippen LogP contribution in [0.5, 0.6) is 0 Å². The minimum Gasteiger partial charge on any atom is -0.387 e. The number of benzene rings is 2. The Kier molecular flexibility index (Phi) is 8.69. The molecule has 4 nitrogen and oxygen atoms in total. The highest BCUT2D eigenvalue weighted by atomic mass is 35.5. The molecule has 0 fully saturated rings. The van der Waals surface area contributed by atoms with Crippen LogP contribution in [0, 0.1) is 5.92 Å². The first-order chi connectivity index (χ1) is 11.4. The zero-order chi connectivity index (χ0) is 17.7. The molecule has 3 unspecified atom stereocenters. The van der Waals surface area contributed by atoms with Crippen LogP contribution >= 0.6 is 35.6 Å². The van der Waals surface area contributed by atoms with E-state index >= 15 is 0 Å². The average Bonchev–Trinajstić information content (AvgIpc) is 2.57. The number of amides is 1. The second-order valence-electron chi connectivity index (χ2n) is 5.69. The van der Waals surface area contributed by atoms with E-state index in [1.807, 2.05) is 30.3 Å². The van der Waals surface area contributed by atoms with Crippen molar-refractivity contribution in [3.63, 3.8) is 0 Å². The van der Waals surface area contributed by atoms with Crippen molar-refractivity contribution in [2.45, 2.75) is 19.1 Å². The van der Waals surface area contributed by atoms with Crippen molar-refractivity contribution in [3.8, 4) is 0 Å². The molecule has 0 aliphatic carbocycles. The molecule has 2 rings (SSSR count). The van der Waals surface area contributed by atoms with Gasteiger partial charge in [-0.05, 0) is 29.3 Å². The fourth-order valence-corrected chi connectivity index (χ4v) is 2.91. The lowest BCUT2D eigenvalue weighted by molar-refractivity contribution is -0.125. The summed E-state index contributed by atoms with van der Waals surface area (Å²) in [4.78, 5) is 12.3. The van der Waals surface area contributed by atoms with E-state index in [4.69, 9.17) is 28.9 Å². The second kappa shape index (κ2) is 10.00. The normalized spacial score (nSPS) is 14.1. The molecule has 3 atom stereocenters. The third-order valence-electron chi connectivity index (χ3n) is 3.88. The molecule has 0 aliphatic rings. The van der Waals surface area contributed by atoms with Crippen LogP contribution in [0.3, 0.4) is 0 Å². The summed E-state index contributed by atoms with van der Waals surface area (Å²) in [6.07, 6.45) is -0.898. The third-order valence-corrected chi connectivity index (χ3v) is 4.31. The number of aliphatic hydroxyl groups is 1. The first-order valence-corrected chi connectivity index (χ1v) is 8.36. The highest BCUT2D eigenvalue weighted by Crippen LogP contribution is 2.24. The number of nitrogens with one attached hydrogen (secondary N) is 1. The minimum atomic E-state index is -0.898. The summed E-state index contributed by atoms with van der Waals surface area (Å²) >= 11 is 11.8. The molecule has 1 amide bonds. The molecule has 0 radical (unpaired) electrons. The third kappa shape index (κ3) is 6.17. The van der Waals surface area contributed by atoms with Crippen LogP contribution in [0.1, 0.15) is 30.2 Å². The standard InChI is InChI=1S/C18H20Cl2N2O2.ClH/c1-11(17(21)12-5-3-2-4-6-12)18(24)22-10-16(23)13-7-14(19)9-15(20)8-13;/h2-9,11,16-17,23H,10,21H2,1H3,(H,22,24);1H. The van der Waals surface area contributed by atoms with Crippen molar-refractivity contribution in [2.24, 2.45) is 11.7 Å². The summed E-state index contributed by atoms with van der Waals surface area (Å²) < 4.78 is 0. The van der Waals surface area contributed by atoms with Crippen LogP contribution in [0.25, 0.3) is 0 Å². The fraction of sp³-hybridized carbons (Fsp3) is 0.278. The highest BCUT2D eigenvalue weighted by Gasteiger charge is 2.22. The molecule has 0 saturated carbocycles. The Morgan fingerprint density at radius 2 is 1.68 bits per heavy atom. The number of nitrogens with two attached hydrogens (primary N) is 1. The molecule has 0 saturated heterocycles. The van der Waals surface area contributed by atoms with Crippen molar-refractivity contribution < 1.29 is 9.90 Å². The zero-order valence-electron chi connectivity index (χ0n) is 13.7. The van der Waals surface area contributed by atoms with Crippen LogP contribution in [0.4, 0.5) is 0 Å². The Hall–Kier alpha value is -1.30. The molecule has 0 heterocycles. The molecule has 4 N–H and O–H groups in total. The molecular formula is C18H21Cl3N2O2. The van der Waals surface area contributed by atoms with Gasteiger partial charge < -0.3 is 16.2 Å². The molecule has 2 aromatic carbocycles. The topological polar surface area (TPSA) is 75.3 Å². The summed E-state index contributed by atoms with van der Waals surface area (Å²) in [6, 6.07) is 13.8. The van der Waals surface area contributed by atoms with Gasteiger partial charge in [-0.1, -0.05) is 60.5 Å². The zero-order valence-corrected chi connectivity index (χ0v) is 16.0. The van der Waals surface area contributed by atoms with Crippen LogP contribution in [-0.4, -0.2) is 17.6 Å². The van der Waals surface area contributed by atoms with Gasteiger partial charge in [0.1, 0.15) is 0 Å². The number of hydrogen-bond acceptors (Lipinski definition) is 3. The van der Waals surface area contributed by atoms with E-state index in [-0.39, 0.29) is 24.9 Å². The summed E-state index contributed by atoms with van der Waals surface area (Å²) in [5.41, 5.74) is 7.58. The van der Waals surface area contributed by atoms with Gasteiger partial charge in [-0.15, -0.1) is 12.4 Å². The van der Waals surface area contributed by atoms with Crippen LogP contribution in [0.15, 0.2) is 48.5 Å². The molecule has 25 heavy (non-hydrogen) atoms. The van der Waals surface area contributed by atoms with Crippen molar-refractivity contribution in [2.75, 3.05) is 6.54 Å². The first-order valence-electron chi connectivity index (χ1n) is 7.60. The van der Waals surface area contributed by atoms with Gasteiger partial charge in [0, 0.05) is 22.6 Å². The van der Waals surface area contributed by atoms with Gasteiger partial charge in [0.25, 0.3) is 0 Å². The largest absolute Gasteiger partial charge is 0.387 e. The number of rotatable bonds is 6. The predicted molar refractivity (Wildman–Crippen MR) is 104 cm³/mol. The number of carbonyl (C=O) groups excluding carboxylic acids is 1. The molecule has 0 spiro atoms. The van der Waals surface area contributed by atoms with E-state index < -0.39 is 18.1 Å². The van der Waals surface area contributed by atoms with Gasteiger partial charge in [-0.3, -0.25) is 4.79 Å². The van der Waals surface area contributed by atoms with Crippen LogP contribution in [0.2, 0.25) is 10.0 Å². The van der Waals surface area contributed by atoms with E-state index in [1.54, 1.807) is 25.1 Å². The molecule has 7 heteroatoms. The second-order valence-corrected chi connectivity index (χ2v) is 6.56. The maximum absolute atomic E-state index is 12.3. The fourth-order valence-electron chi connectivity index (χ4n) is 2.37.